The van der Waals surface area contributed by atoms with Gasteiger partial charge in [-0.3, -0.25) is 0 Å². The van der Waals surface area contributed by atoms with Crippen molar-refractivity contribution in [2.45, 2.75) is 57.8 Å². The maximum atomic E-state index is 13.5. The lowest BCUT2D eigenvalue weighted by atomic mass is 9.72. The molecule has 7 nitrogen and oxygen atoms in total. The van der Waals surface area contributed by atoms with Gasteiger partial charge in [0.15, 0.2) is 0 Å². The van der Waals surface area contributed by atoms with Gasteiger partial charge in [-0.1, -0.05) is 58.0 Å². The first-order chi connectivity index (χ1) is 19.2. The minimum Gasteiger partial charge on any atom is -0.497 e. The molecule has 42 heavy (non-hydrogen) atoms. The number of amides is 2. The number of ether oxygens (including phenoxy) is 2. The minimum atomic E-state index is -0.248. The van der Waals surface area contributed by atoms with Crippen LogP contribution in [-0.4, -0.2) is 39.9 Å². The molecule has 0 spiro atoms. The van der Waals surface area contributed by atoms with Crippen LogP contribution in [0.3, 0.4) is 0 Å². The van der Waals surface area contributed by atoms with Gasteiger partial charge in [-0.2, -0.15) is 0 Å². The summed E-state index contributed by atoms with van der Waals surface area (Å²) in [5.74, 6) is 2.11. The lowest BCUT2D eigenvalue weighted by Crippen LogP contribution is -2.49. The zero-order valence-electron chi connectivity index (χ0n) is 25.5. The van der Waals surface area contributed by atoms with E-state index in [4.69, 9.17) is 15.2 Å². The Kier molecular flexibility index (Phi) is 12.7. The van der Waals surface area contributed by atoms with Crippen molar-refractivity contribution in [2.24, 2.45) is 0 Å². The molecule has 0 unspecified atom stereocenters. The molecular formula is C33H46Cl2N4O3. The number of nitrogens with two attached hydrogens (primary N) is 1. The van der Waals surface area contributed by atoms with E-state index >= 15 is 0 Å². The van der Waals surface area contributed by atoms with Crippen LogP contribution in [0.1, 0.15) is 69.1 Å². The summed E-state index contributed by atoms with van der Waals surface area (Å²) in [6, 6.07) is 20.1. The van der Waals surface area contributed by atoms with Gasteiger partial charge in [-0.05, 0) is 66.1 Å². The first kappa shape index (κ1) is 34.9. The zero-order chi connectivity index (χ0) is 28.9. The number of hydrogen-bond donors (Lipinski definition) is 3. The van der Waals surface area contributed by atoms with Crippen molar-refractivity contribution in [3.8, 4) is 11.5 Å². The molecule has 2 amide bonds. The molecule has 0 saturated carbocycles. The van der Waals surface area contributed by atoms with Gasteiger partial charge in [0.2, 0.25) is 0 Å². The molecule has 1 aliphatic heterocycles. The number of hydrogen-bond acceptors (Lipinski definition) is 5. The number of nitrogens with one attached hydrogen (secondary N) is 2. The number of rotatable bonds is 9. The molecule has 0 radical (unpaired) electrons. The molecule has 0 atom stereocenters. The Morgan fingerprint density at radius 3 is 2.24 bits per heavy atom. The van der Waals surface area contributed by atoms with Gasteiger partial charge in [0.25, 0.3) is 0 Å². The average Bonchev–Trinajstić information content (AvgIpc) is 2.96. The lowest BCUT2D eigenvalue weighted by Gasteiger charge is -2.43. The molecule has 9 heteroatoms. The molecule has 4 N–H and O–H groups in total. The summed E-state index contributed by atoms with van der Waals surface area (Å²) in [6.45, 7) is 10.6. The third-order valence-corrected chi connectivity index (χ3v) is 8.17. The van der Waals surface area contributed by atoms with Crippen molar-refractivity contribution in [1.29, 1.82) is 0 Å². The van der Waals surface area contributed by atoms with Gasteiger partial charge in [0.05, 0.1) is 25.6 Å². The van der Waals surface area contributed by atoms with E-state index in [1.165, 1.54) is 5.56 Å². The number of nitrogens with zero attached hydrogens (tertiary/aromatic N) is 1. The second-order valence-corrected chi connectivity index (χ2v) is 11.3. The number of para-hydroxylation sites is 2. The molecule has 0 bridgehead atoms. The molecule has 0 aromatic heterocycles. The fraction of sp³-hybridized carbons (Fsp3) is 0.424. The van der Waals surface area contributed by atoms with Crippen LogP contribution in [0.2, 0.25) is 0 Å². The molecule has 1 fully saturated rings. The number of anilines is 3. The molecular weight excluding hydrogens is 571 g/mol. The number of methoxy groups -OCH3 is 2. The highest BCUT2D eigenvalue weighted by Gasteiger charge is 2.37. The number of carbonyl (C=O) groups is 1. The highest BCUT2D eigenvalue weighted by molar-refractivity contribution is 5.92. The van der Waals surface area contributed by atoms with E-state index in [0.29, 0.717) is 12.2 Å². The number of urea groups is 1. The van der Waals surface area contributed by atoms with Crippen molar-refractivity contribution >= 4 is 47.9 Å². The predicted octanol–water partition coefficient (Wildman–Crippen LogP) is 7.74. The number of carbonyl (C=O) groups excluding carboxylic acids is 1. The van der Waals surface area contributed by atoms with E-state index in [2.05, 4.69) is 61.4 Å². The van der Waals surface area contributed by atoms with Crippen LogP contribution in [0.15, 0.2) is 60.7 Å². The van der Waals surface area contributed by atoms with Crippen LogP contribution in [0, 0.1) is 0 Å². The van der Waals surface area contributed by atoms with E-state index in [1.807, 2.05) is 42.5 Å². The predicted molar refractivity (Wildman–Crippen MR) is 180 cm³/mol. The van der Waals surface area contributed by atoms with Crippen LogP contribution >= 0.6 is 24.8 Å². The van der Waals surface area contributed by atoms with E-state index in [1.54, 1.807) is 14.2 Å². The summed E-state index contributed by atoms with van der Waals surface area (Å²) in [5.41, 5.74) is 12.0. The van der Waals surface area contributed by atoms with Crippen molar-refractivity contribution in [3.05, 3.63) is 77.4 Å². The highest BCUT2D eigenvalue weighted by Crippen LogP contribution is 2.40. The Bertz CT molecular complexity index is 1320. The molecule has 0 aliphatic carbocycles. The van der Waals surface area contributed by atoms with E-state index in [9.17, 15) is 4.79 Å². The molecule has 4 rings (SSSR count). The first-order valence-electron chi connectivity index (χ1n) is 14.2. The molecule has 230 valence electrons. The smallest absolute Gasteiger partial charge is 0.319 e. The largest absolute Gasteiger partial charge is 0.497 e. The van der Waals surface area contributed by atoms with Crippen LogP contribution in [0.4, 0.5) is 21.9 Å². The van der Waals surface area contributed by atoms with Gasteiger partial charge in [0.1, 0.15) is 11.5 Å². The molecule has 1 saturated heterocycles. The summed E-state index contributed by atoms with van der Waals surface area (Å²) >= 11 is 0. The van der Waals surface area contributed by atoms with Gasteiger partial charge in [-0.25, -0.2) is 4.79 Å². The van der Waals surface area contributed by atoms with Gasteiger partial charge < -0.3 is 30.7 Å². The quantitative estimate of drug-likeness (QED) is 0.214. The Morgan fingerprint density at radius 1 is 0.929 bits per heavy atom. The Morgan fingerprint density at radius 2 is 1.62 bits per heavy atom. The van der Waals surface area contributed by atoms with Crippen molar-refractivity contribution < 1.29 is 14.3 Å². The van der Waals surface area contributed by atoms with E-state index in [-0.39, 0.29) is 48.1 Å². The number of benzene rings is 3. The molecule has 3 aromatic rings. The maximum absolute atomic E-state index is 13.5. The fourth-order valence-electron chi connectivity index (χ4n) is 5.89. The second kappa shape index (κ2) is 15.3. The van der Waals surface area contributed by atoms with Crippen LogP contribution in [-0.2, 0) is 5.41 Å². The van der Waals surface area contributed by atoms with Gasteiger partial charge >= 0.3 is 6.03 Å². The van der Waals surface area contributed by atoms with Gasteiger partial charge in [0, 0.05) is 36.3 Å². The SMILES string of the molecule is COc1cccc(C2(CNC(=O)Nc3c(C(C)C)ccc(N)c3C(C)C)CCN(c3ccccc3OC)CC2)c1.Cl.Cl. The number of halogens is 2. The third kappa shape index (κ3) is 7.56. The van der Waals surface area contributed by atoms with Crippen molar-refractivity contribution in [2.75, 3.05) is 49.8 Å². The minimum absolute atomic E-state index is 0. The van der Waals surface area contributed by atoms with Crippen LogP contribution in [0.5, 0.6) is 11.5 Å². The Hall–Kier alpha value is -3.29. The standard InChI is InChI=1S/C33H44N4O3.2ClH/c1-22(2)26-14-15-27(34)30(23(3)4)31(26)36-32(38)35-21-33(24-10-9-11-25(20-24)39-5)16-18-37(19-17-33)28-12-7-8-13-29(28)40-6;;/h7-15,20,22-23H,16-19,21,34H2,1-6H3,(H2,35,36,38);2*1H. The number of nitrogen functional groups attached to an aromatic ring is 1. The van der Waals surface area contributed by atoms with Crippen LogP contribution in [0.25, 0.3) is 0 Å². The normalized spacial score (nSPS) is 14.0. The fourth-order valence-corrected chi connectivity index (χ4v) is 5.89. The summed E-state index contributed by atoms with van der Waals surface area (Å²) in [5, 5.41) is 6.41. The Balaban J connectivity index is 0.00000308. The van der Waals surface area contributed by atoms with Gasteiger partial charge in [-0.15, -0.1) is 24.8 Å². The van der Waals surface area contributed by atoms with Crippen molar-refractivity contribution in [3.63, 3.8) is 0 Å². The first-order valence-corrected chi connectivity index (χ1v) is 14.2. The number of piperidine rings is 1. The highest BCUT2D eigenvalue weighted by atomic mass is 35.5. The average molecular weight is 618 g/mol. The maximum Gasteiger partial charge on any atom is 0.319 e. The third-order valence-electron chi connectivity index (χ3n) is 8.17. The van der Waals surface area contributed by atoms with Crippen LogP contribution < -0.4 is 30.7 Å². The van der Waals surface area contributed by atoms with Crippen molar-refractivity contribution in [1.82, 2.24) is 5.32 Å². The summed E-state index contributed by atoms with van der Waals surface area (Å²) in [4.78, 5) is 15.8. The molecule has 3 aromatic carbocycles. The molecule has 1 aliphatic rings. The zero-order valence-corrected chi connectivity index (χ0v) is 27.2. The lowest BCUT2D eigenvalue weighted by molar-refractivity contribution is 0.244. The molecule has 1 heterocycles. The van der Waals surface area contributed by atoms with E-state index < -0.39 is 0 Å². The van der Waals surface area contributed by atoms with E-state index in [0.717, 1.165) is 59.9 Å². The Labute approximate surface area is 263 Å². The summed E-state index contributed by atoms with van der Waals surface area (Å²) in [7, 11) is 3.40. The topological polar surface area (TPSA) is 88.8 Å². The summed E-state index contributed by atoms with van der Waals surface area (Å²) in [6.07, 6.45) is 1.73. The summed E-state index contributed by atoms with van der Waals surface area (Å²) < 4.78 is 11.2. The second-order valence-electron chi connectivity index (χ2n) is 11.3. The monoisotopic (exact) mass is 616 g/mol.